The molecule has 2 heteroatoms. The van der Waals surface area contributed by atoms with Crippen LogP contribution in [0.2, 0.25) is 0 Å². The fourth-order valence-corrected chi connectivity index (χ4v) is 2.20. The zero-order valence-corrected chi connectivity index (χ0v) is 12.9. The molecule has 2 unspecified atom stereocenters. The summed E-state index contributed by atoms with van der Waals surface area (Å²) in [7, 11) is 0. The van der Waals surface area contributed by atoms with Crippen molar-refractivity contribution >= 4 is 15.9 Å². The monoisotopic (exact) mass is 297 g/mol. The van der Waals surface area contributed by atoms with Gasteiger partial charge in [-0.2, -0.15) is 0 Å². The van der Waals surface area contributed by atoms with Crippen molar-refractivity contribution in [3.63, 3.8) is 0 Å². The zero-order valence-electron chi connectivity index (χ0n) is 11.3. The van der Waals surface area contributed by atoms with Crippen molar-refractivity contribution in [2.24, 2.45) is 11.8 Å². The summed E-state index contributed by atoms with van der Waals surface area (Å²) < 4.78 is 1.16. The van der Waals surface area contributed by atoms with Crippen LogP contribution >= 0.6 is 15.9 Å². The van der Waals surface area contributed by atoms with Crippen LogP contribution < -0.4 is 5.32 Å². The highest BCUT2D eigenvalue weighted by atomic mass is 79.9. The Morgan fingerprint density at radius 3 is 2.47 bits per heavy atom. The summed E-state index contributed by atoms with van der Waals surface area (Å²) in [6, 6.07) is 9.06. The van der Waals surface area contributed by atoms with Crippen LogP contribution in [0.25, 0.3) is 0 Å². The number of halogens is 1. The van der Waals surface area contributed by atoms with Crippen LogP contribution in [0.4, 0.5) is 0 Å². The molecule has 0 heterocycles. The Morgan fingerprint density at radius 2 is 1.94 bits per heavy atom. The molecular formula is C15H24BrN. The molecule has 17 heavy (non-hydrogen) atoms. The molecular weight excluding hydrogens is 274 g/mol. The second-order valence-electron chi connectivity index (χ2n) is 5.15. The van der Waals surface area contributed by atoms with Gasteiger partial charge in [0.1, 0.15) is 0 Å². The van der Waals surface area contributed by atoms with E-state index in [9.17, 15) is 0 Å². The summed E-state index contributed by atoms with van der Waals surface area (Å²) >= 11 is 3.54. The summed E-state index contributed by atoms with van der Waals surface area (Å²) in [6.45, 7) is 10.2. The number of benzene rings is 1. The lowest BCUT2D eigenvalue weighted by Gasteiger charge is -2.22. The molecule has 96 valence electrons. The van der Waals surface area contributed by atoms with E-state index < -0.39 is 0 Å². The Labute approximate surface area is 114 Å². The van der Waals surface area contributed by atoms with Crippen LogP contribution in [0.3, 0.4) is 0 Å². The third-order valence-corrected chi connectivity index (χ3v) is 3.98. The van der Waals surface area contributed by atoms with Gasteiger partial charge in [-0.1, -0.05) is 55.8 Å². The quantitative estimate of drug-likeness (QED) is 0.797. The average molecular weight is 298 g/mol. The smallest absolute Gasteiger partial charge is 0.0318 e. The summed E-state index contributed by atoms with van der Waals surface area (Å²) in [5.41, 5.74) is 1.37. The highest BCUT2D eigenvalue weighted by Gasteiger charge is 2.12. The molecule has 0 aliphatic heterocycles. The highest BCUT2D eigenvalue weighted by Crippen LogP contribution is 2.21. The van der Waals surface area contributed by atoms with Crippen molar-refractivity contribution in [1.82, 2.24) is 5.32 Å². The summed E-state index contributed by atoms with van der Waals surface area (Å²) in [6.07, 6.45) is 1.13. The maximum absolute atomic E-state index is 3.67. The van der Waals surface area contributed by atoms with Gasteiger partial charge in [0.05, 0.1) is 0 Å². The molecule has 0 aliphatic carbocycles. The van der Waals surface area contributed by atoms with Gasteiger partial charge in [0.15, 0.2) is 0 Å². The summed E-state index contributed by atoms with van der Waals surface area (Å²) in [4.78, 5) is 0. The summed E-state index contributed by atoms with van der Waals surface area (Å²) in [5, 5.41) is 3.67. The van der Waals surface area contributed by atoms with Gasteiger partial charge in [-0.25, -0.2) is 0 Å². The second-order valence-corrected chi connectivity index (χ2v) is 6.06. The predicted molar refractivity (Wildman–Crippen MR) is 79.2 cm³/mol. The van der Waals surface area contributed by atoms with Gasteiger partial charge in [-0.3, -0.25) is 0 Å². The minimum absolute atomic E-state index is 0.466. The maximum Gasteiger partial charge on any atom is 0.0318 e. The van der Waals surface area contributed by atoms with Crippen LogP contribution in [-0.2, 0) is 0 Å². The van der Waals surface area contributed by atoms with E-state index in [1.54, 1.807) is 0 Å². The lowest BCUT2D eigenvalue weighted by atomic mass is 9.97. The van der Waals surface area contributed by atoms with E-state index in [-0.39, 0.29) is 0 Å². The molecule has 0 spiro atoms. The van der Waals surface area contributed by atoms with E-state index in [1.807, 2.05) is 0 Å². The van der Waals surface area contributed by atoms with Crippen LogP contribution in [0, 0.1) is 11.8 Å². The SMILES string of the molecule is CCC(NCC(C)C(C)C)c1cccc(Br)c1. The Morgan fingerprint density at radius 1 is 1.24 bits per heavy atom. The average Bonchev–Trinajstić information content (AvgIpc) is 2.29. The van der Waals surface area contributed by atoms with Gasteiger partial charge in [0.2, 0.25) is 0 Å². The lowest BCUT2D eigenvalue weighted by Crippen LogP contribution is -2.28. The molecule has 0 aliphatic rings. The molecule has 0 radical (unpaired) electrons. The zero-order chi connectivity index (χ0) is 12.8. The minimum Gasteiger partial charge on any atom is -0.310 e. The Bertz CT molecular complexity index is 335. The fourth-order valence-electron chi connectivity index (χ4n) is 1.79. The molecule has 0 fully saturated rings. The number of nitrogens with one attached hydrogen (secondary N) is 1. The number of hydrogen-bond donors (Lipinski definition) is 1. The van der Waals surface area contributed by atoms with Gasteiger partial charge in [-0.15, -0.1) is 0 Å². The van der Waals surface area contributed by atoms with Gasteiger partial charge >= 0.3 is 0 Å². The van der Waals surface area contributed by atoms with E-state index >= 15 is 0 Å². The second kappa shape index (κ2) is 7.17. The lowest BCUT2D eigenvalue weighted by molar-refractivity contribution is 0.366. The molecule has 0 bridgehead atoms. The maximum atomic E-state index is 3.67. The highest BCUT2D eigenvalue weighted by molar-refractivity contribution is 9.10. The standard InChI is InChI=1S/C15H24BrN/c1-5-15(17-10-12(4)11(2)3)13-7-6-8-14(16)9-13/h6-9,11-12,15,17H,5,10H2,1-4H3. The molecule has 1 N–H and O–H groups in total. The van der Waals surface area contributed by atoms with Gasteiger partial charge in [-0.05, 0) is 42.5 Å². The molecule has 0 saturated heterocycles. The van der Waals surface area contributed by atoms with Crippen LogP contribution in [0.15, 0.2) is 28.7 Å². The molecule has 0 saturated carbocycles. The van der Waals surface area contributed by atoms with Crippen molar-refractivity contribution in [1.29, 1.82) is 0 Å². The van der Waals surface area contributed by atoms with Crippen LogP contribution in [-0.4, -0.2) is 6.54 Å². The molecule has 0 aromatic heterocycles. The van der Waals surface area contributed by atoms with Crippen molar-refractivity contribution in [3.8, 4) is 0 Å². The molecule has 1 aromatic carbocycles. The Balaban J connectivity index is 2.60. The Hall–Kier alpha value is -0.340. The topological polar surface area (TPSA) is 12.0 Å². The fraction of sp³-hybridized carbons (Fsp3) is 0.600. The van der Waals surface area contributed by atoms with E-state index in [0.717, 1.165) is 29.3 Å². The first kappa shape index (κ1) is 14.7. The van der Waals surface area contributed by atoms with Crippen LogP contribution in [0.1, 0.15) is 45.7 Å². The minimum atomic E-state index is 0.466. The number of hydrogen-bond acceptors (Lipinski definition) is 1. The molecule has 1 nitrogen and oxygen atoms in total. The van der Waals surface area contributed by atoms with Crippen molar-refractivity contribution in [2.45, 2.75) is 40.2 Å². The van der Waals surface area contributed by atoms with E-state index in [2.05, 4.69) is 73.2 Å². The van der Waals surface area contributed by atoms with Gasteiger partial charge in [0.25, 0.3) is 0 Å². The van der Waals surface area contributed by atoms with E-state index in [4.69, 9.17) is 0 Å². The van der Waals surface area contributed by atoms with Crippen LogP contribution in [0.5, 0.6) is 0 Å². The van der Waals surface area contributed by atoms with Crippen molar-refractivity contribution in [3.05, 3.63) is 34.3 Å². The molecule has 1 aromatic rings. The first-order valence-electron chi connectivity index (χ1n) is 6.53. The van der Waals surface area contributed by atoms with Crippen molar-refractivity contribution in [2.75, 3.05) is 6.54 Å². The summed E-state index contributed by atoms with van der Waals surface area (Å²) in [5.74, 6) is 1.46. The number of rotatable bonds is 6. The van der Waals surface area contributed by atoms with Gasteiger partial charge < -0.3 is 5.32 Å². The normalized spacial score (nSPS) is 14.9. The van der Waals surface area contributed by atoms with E-state index in [1.165, 1.54) is 5.56 Å². The largest absolute Gasteiger partial charge is 0.310 e. The first-order valence-corrected chi connectivity index (χ1v) is 7.32. The van der Waals surface area contributed by atoms with Gasteiger partial charge in [0, 0.05) is 10.5 Å². The predicted octanol–water partition coefficient (Wildman–Crippen LogP) is 4.78. The van der Waals surface area contributed by atoms with E-state index in [0.29, 0.717) is 6.04 Å². The van der Waals surface area contributed by atoms with Crippen molar-refractivity contribution < 1.29 is 0 Å². The molecule has 1 rings (SSSR count). The third-order valence-electron chi connectivity index (χ3n) is 3.48. The third kappa shape index (κ3) is 4.81. The Kier molecular flexibility index (Phi) is 6.21. The first-order chi connectivity index (χ1) is 8.04. The molecule has 2 atom stereocenters. The molecule has 0 amide bonds.